The Labute approximate surface area is 157 Å². The molecule has 27 heavy (non-hydrogen) atoms. The molecule has 0 spiro atoms. The van der Waals surface area contributed by atoms with E-state index in [4.69, 9.17) is 16.6 Å². The van der Waals surface area contributed by atoms with Gasteiger partial charge in [-0.2, -0.15) is 0 Å². The Morgan fingerprint density at radius 1 is 1.15 bits per heavy atom. The molecule has 0 unspecified atom stereocenters. The Bertz CT molecular complexity index is 955. The highest BCUT2D eigenvalue weighted by atomic mass is 32.2. The first-order chi connectivity index (χ1) is 12.7. The molecule has 2 aromatic rings. The van der Waals surface area contributed by atoms with Crippen molar-refractivity contribution in [3.8, 4) is 11.1 Å². The molecular formula is C18H21N3O5S. The van der Waals surface area contributed by atoms with E-state index in [0.717, 1.165) is 0 Å². The average Bonchev–Trinajstić information content (AvgIpc) is 2.65. The van der Waals surface area contributed by atoms with E-state index in [0.29, 0.717) is 11.1 Å². The Hall–Kier alpha value is -2.75. The molecular weight excluding hydrogens is 370 g/mol. The van der Waals surface area contributed by atoms with Gasteiger partial charge in [-0.1, -0.05) is 36.4 Å². The van der Waals surface area contributed by atoms with Gasteiger partial charge in [-0.15, -0.1) is 0 Å². The number of carboxylic acids is 1. The number of rotatable bonds is 8. The van der Waals surface area contributed by atoms with Crippen LogP contribution in [0.25, 0.3) is 11.1 Å². The number of Topliss-reactive ketones (excluding diaryl/α,β-unsaturated/α-hetero) is 1. The molecule has 9 heteroatoms. The molecule has 8 nitrogen and oxygen atoms in total. The predicted octanol–water partition coefficient (Wildman–Crippen LogP) is 1.08. The van der Waals surface area contributed by atoms with Gasteiger partial charge in [0.1, 0.15) is 0 Å². The molecule has 0 heterocycles. The summed E-state index contributed by atoms with van der Waals surface area (Å²) in [6.07, 6.45) is 0. The van der Waals surface area contributed by atoms with E-state index >= 15 is 0 Å². The van der Waals surface area contributed by atoms with E-state index < -0.39 is 27.8 Å². The minimum Gasteiger partial charge on any atom is -0.478 e. The van der Waals surface area contributed by atoms with Crippen molar-refractivity contribution in [1.29, 1.82) is 0 Å². The van der Waals surface area contributed by atoms with Crippen LogP contribution in [0, 0.1) is 0 Å². The van der Waals surface area contributed by atoms with Gasteiger partial charge in [-0.25, -0.2) is 17.9 Å². The molecule has 0 aliphatic carbocycles. The third-order valence-corrected chi connectivity index (χ3v) is 5.47. The maximum absolute atomic E-state index is 12.5. The summed E-state index contributed by atoms with van der Waals surface area (Å²) < 4.78 is 25.7. The first kappa shape index (κ1) is 20.6. The molecule has 0 bridgehead atoms. The van der Waals surface area contributed by atoms with Crippen molar-refractivity contribution >= 4 is 27.5 Å². The molecule has 0 amide bonds. The van der Waals surface area contributed by atoms with Crippen LogP contribution in [0.4, 0.5) is 5.69 Å². The van der Waals surface area contributed by atoms with Crippen LogP contribution in [0.1, 0.15) is 27.6 Å². The number of para-hydroxylation sites is 1. The van der Waals surface area contributed by atoms with Gasteiger partial charge in [-0.3, -0.25) is 4.79 Å². The summed E-state index contributed by atoms with van der Waals surface area (Å²) in [7, 11) is -3.58. The summed E-state index contributed by atoms with van der Waals surface area (Å²) in [5.41, 5.74) is 13.0. The number of hydrogen-bond donors (Lipinski definition) is 4. The monoisotopic (exact) mass is 391 g/mol. The molecule has 0 aromatic heterocycles. The zero-order chi connectivity index (χ0) is 20.2. The summed E-state index contributed by atoms with van der Waals surface area (Å²) >= 11 is 0. The Morgan fingerprint density at radius 3 is 2.30 bits per heavy atom. The van der Waals surface area contributed by atoms with Gasteiger partial charge in [0, 0.05) is 17.7 Å². The number of benzene rings is 2. The van der Waals surface area contributed by atoms with Crippen LogP contribution in [0.5, 0.6) is 0 Å². The predicted molar refractivity (Wildman–Crippen MR) is 103 cm³/mol. The van der Waals surface area contributed by atoms with Crippen LogP contribution >= 0.6 is 0 Å². The van der Waals surface area contributed by atoms with E-state index in [9.17, 15) is 18.0 Å². The number of carboxylic acid groups (broad SMARTS) is 1. The van der Waals surface area contributed by atoms with E-state index in [1.54, 1.807) is 24.3 Å². The minimum atomic E-state index is -3.58. The molecule has 0 saturated carbocycles. The van der Waals surface area contributed by atoms with Gasteiger partial charge >= 0.3 is 5.97 Å². The third-order valence-electron chi connectivity index (χ3n) is 4.07. The normalized spacial score (nSPS) is 12.5. The standard InChI is InChI=1S/C18H21N3O5S/c1-2-27(25,26)21-15(10-19)17(22)12-8-6-11(7-9-12)13-4-3-5-14(16(13)20)18(23)24/h3-9,15,21H,2,10,19-20H2,1H3,(H,23,24)/t15-/m0/s1. The van der Waals surface area contributed by atoms with Crippen LogP contribution in [-0.2, 0) is 10.0 Å². The van der Waals surface area contributed by atoms with Gasteiger partial charge in [-0.05, 0) is 18.6 Å². The number of nitrogens with two attached hydrogens (primary N) is 2. The van der Waals surface area contributed by atoms with Crippen molar-refractivity contribution in [3.05, 3.63) is 53.6 Å². The topological polar surface area (TPSA) is 153 Å². The lowest BCUT2D eigenvalue weighted by Crippen LogP contribution is -2.46. The quantitative estimate of drug-likeness (QED) is 0.388. The van der Waals surface area contributed by atoms with Crippen LogP contribution in [-0.4, -0.2) is 43.6 Å². The van der Waals surface area contributed by atoms with E-state index in [-0.39, 0.29) is 29.1 Å². The van der Waals surface area contributed by atoms with Crippen molar-refractivity contribution < 1.29 is 23.1 Å². The van der Waals surface area contributed by atoms with Gasteiger partial charge < -0.3 is 16.6 Å². The number of anilines is 1. The Morgan fingerprint density at radius 2 is 1.78 bits per heavy atom. The molecule has 0 radical (unpaired) electrons. The van der Waals surface area contributed by atoms with Crippen molar-refractivity contribution in [2.45, 2.75) is 13.0 Å². The number of sulfonamides is 1. The molecule has 144 valence electrons. The van der Waals surface area contributed by atoms with Gasteiger partial charge in [0.15, 0.2) is 5.78 Å². The Kier molecular flexibility index (Phi) is 6.32. The second-order valence-corrected chi connectivity index (χ2v) is 7.87. The van der Waals surface area contributed by atoms with E-state index in [2.05, 4.69) is 4.72 Å². The number of nitrogens with one attached hydrogen (secondary N) is 1. The lowest BCUT2D eigenvalue weighted by Gasteiger charge is -2.15. The van der Waals surface area contributed by atoms with Crippen LogP contribution in [0.3, 0.4) is 0 Å². The Balaban J connectivity index is 2.31. The number of carbonyl (C=O) groups is 2. The van der Waals surface area contributed by atoms with E-state index in [1.807, 2.05) is 0 Å². The summed E-state index contributed by atoms with van der Waals surface area (Å²) in [5.74, 6) is -1.74. The van der Waals surface area contributed by atoms with Crippen molar-refractivity contribution in [2.75, 3.05) is 18.0 Å². The van der Waals surface area contributed by atoms with Crippen molar-refractivity contribution in [3.63, 3.8) is 0 Å². The maximum Gasteiger partial charge on any atom is 0.337 e. The SMILES string of the molecule is CCS(=O)(=O)N[C@@H](CN)C(=O)c1ccc(-c2cccc(C(=O)O)c2N)cc1. The van der Waals surface area contributed by atoms with Crippen LogP contribution in [0.15, 0.2) is 42.5 Å². The smallest absolute Gasteiger partial charge is 0.337 e. The third kappa shape index (κ3) is 4.70. The number of aromatic carboxylic acids is 1. The number of hydrogen-bond acceptors (Lipinski definition) is 6. The maximum atomic E-state index is 12.5. The average molecular weight is 391 g/mol. The highest BCUT2D eigenvalue weighted by Gasteiger charge is 2.23. The van der Waals surface area contributed by atoms with E-state index in [1.165, 1.54) is 25.1 Å². The number of nitrogen functional groups attached to an aromatic ring is 1. The summed E-state index contributed by atoms with van der Waals surface area (Å²) in [4.78, 5) is 23.7. The molecule has 2 rings (SSSR count). The summed E-state index contributed by atoms with van der Waals surface area (Å²) in [6, 6.07) is 9.89. The minimum absolute atomic E-state index is 0.00943. The first-order valence-corrected chi connectivity index (χ1v) is 9.82. The molecule has 0 aliphatic rings. The van der Waals surface area contributed by atoms with Crippen LogP contribution in [0.2, 0.25) is 0 Å². The van der Waals surface area contributed by atoms with Crippen molar-refractivity contribution in [1.82, 2.24) is 4.72 Å². The van der Waals surface area contributed by atoms with Crippen molar-refractivity contribution in [2.24, 2.45) is 5.73 Å². The highest BCUT2D eigenvalue weighted by molar-refractivity contribution is 7.89. The second-order valence-electron chi connectivity index (χ2n) is 5.82. The zero-order valence-electron chi connectivity index (χ0n) is 14.7. The lowest BCUT2D eigenvalue weighted by atomic mass is 9.97. The fourth-order valence-electron chi connectivity index (χ4n) is 2.53. The summed E-state index contributed by atoms with van der Waals surface area (Å²) in [6.45, 7) is 1.29. The summed E-state index contributed by atoms with van der Waals surface area (Å²) in [5, 5.41) is 9.16. The molecule has 0 fully saturated rings. The lowest BCUT2D eigenvalue weighted by molar-refractivity contribution is 0.0697. The fourth-order valence-corrected chi connectivity index (χ4v) is 3.33. The van der Waals surface area contributed by atoms with Gasteiger partial charge in [0.2, 0.25) is 10.0 Å². The molecule has 0 aliphatic heterocycles. The highest BCUT2D eigenvalue weighted by Crippen LogP contribution is 2.29. The van der Waals surface area contributed by atoms with Crippen LogP contribution < -0.4 is 16.2 Å². The fraction of sp³-hybridized carbons (Fsp3) is 0.222. The molecule has 6 N–H and O–H groups in total. The molecule has 1 atom stereocenters. The zero-order valence-corrected chi connectivity index (χ0v) is 15.5. The first-order valence-electron chi connectivity index (χ1n) is 8.16. The number of carbonyl (C=O) groups excluding carboxylic acids is 1. The molecule has 2 aromatic carbocycles. The molecule has 0 saturated heterocycles. The van der Waals surface area contributed by atoms with Gasteiger partial charge in [0.05, 0.1) is 23.0 Å². The largest absolute Gasteiger partial charge is 0.478 e. The second kappa shape index (κ2) is 8.30. The van der Waals surface area contributed by atoms with Gasteiger partial charge in [0.25, 0.3) is 0 Å². The number of ketones is 1.